The molecule has 0 unspecified atom stereocenters. The van der Waals surface area contributed by atoms with Crippen molar-refractivity contribution in [2.24, 2.45) is 0 Å². The number of fused-ring (bicyclic) bond motifs is 11. The van der Waals surface area contributed by atoms with Crippen LogP contribution in [0.3, 0.4) is 0 Å². The molecule has 0 saturated carbocycles. The molecule has 0 radical (unpaired) electrons. The van der Waals surface area contributed by atoms with E-state index in [9.17, 15) is 0 Å². The van der Waals surface area contributed by atoms with Crippen molar-refractivity contribution < 1.29 is 4.11 Å². The van der Waals surface area contributed by atoms with Crippen molar-refractivity contribution in [3.63, 3.8) is 0 Å². The molecule has 21 aromatic carbocycles. The quantitative estimate of drug-likeness (QED) is 0.0932. The molecular formula is C130H85N11. The third kappa shape index (κ3) is 16.3. The summed E-state index contributed by atoms with van der Waals surface area (Å²) < 4.78 is 30.4. The highest BCUT2D eigenvalue weighted by atomic mass is 15.1. The molecule has 660 valence electrons. The molecule has 27 rings (SSSR count). The number of hydrogen-bond acceptors (Lipinski definition) is 8. The maximum Gasteiger partial charge on any atom is 0.160 e. The van der Waals surface area contributed by atoms with Crippen molar-refractivity contribution >= 4 is 97.7 Å². The second kappa shape index (κ2) is 36.6. The molecule has 27 aromatic rings. The highest BCUT2D eigenvalue weighted by Gasteiger charge is 2.24. The van der Waals surface area contributed by atoms with Gasteiger partial charge in [0.25, 0.3) is 0 Å². The van der Waals surface area contributed by atoms with Crippen LogP contribution in [-0.4, -0.2) is 53.6 Å². The minimum Gasteiger partial charge on any atom is -0.292 e. The van der Waals surface area contributed by atoms with Gasteiger partial charge in [0, 0.05) is 78.3 Å². The Bertz CT molecular complexity index is 9300. The SMILES string of the molecule is [2H]c1ccc(-c2nc3ccccc3n2-c2ccc(-c3cc(-c4cc5ccccc5c5ccccc45)cc(-c4cc5ccccc5c5ccccc45)n3)cc2)cc1.[2H]c1ccc(-c2nc3ccccc3n2-c2ccc(-c3nc(-c4ccc5ccccc5c4)cc(-c4ccc5ccccc5c4)n3)cc2)cc1.[2H]c1ccc(-c2nc3ccccc3n2-c2ccc(-c3nc(-c4ccccc4)cc(-c4ccccc4)n3)cc2)cc1. The predicted octanol–water partition coefficient (Wildman–Crippen LogP) is 33.0. The monoisotopic (exact) mass is 1800 g/mol. The molecule has 11 nitrogen and oxygen atoms in total. The lowest BCUT2D eigenvalue weighted by molar-refractivity contribution is 1.10. The second-order valence-corrected chi connectivity index (χ2v) is 35.1. The third-order valence-electron chi connectivity index (χ3n) is 26.4. The number of imidazole rings is 3. The second-order valence-electron chi connectivity index (χ2n) is 35.1. The van der Waals surface area contributed by atoms with Crippen molar-refractivity contribution in [3.05, 3.63) is 516 Å². The number of benzene rings is 21. The van der Waals surface area contributed by atoms with E-state index in [2.05, 4.69) is 353 Å². The summed E-state index contributed by atoms with van der Waals surface area (Å²) in [6.07, 6.45) is 0. The largest absolute Gasteiger partial charge is 0.292 e. The lowest BCUT2D eigenvalue weighted by atomic mass is 9.91. The standard InChI is InChI=1S/C52H33N3.C43H28N4.C35H24N4/c1-2-14-35(15-3-1)52-54-48-24-12-13-25-51(48)55(52)39-28-26-34(27-29-39)49-32-38(46-30-36-16-4-6-18-40(36)42-20-8-10-22-44(42)46)33-50(53-49)47-31-37-17-5-7-19-41(37)43-21-9-11-23-45(43)47;1-2-12-32(13-3-1)43-46-38-16-8-9-17-41(38)47(43)37-24-22-31(23-25-37)42-44-39(35-20-18-29-10-4-6-14-33(29)26-35)28-40(45-42)36-21-19-30-11-5-7-15-34(30)27-36;1-4-12-25(13-5-1)31-24-32(26-14-6-2-7-15-26)37-34(36-31)27-20-22-29(23-21-27)39-33-19-11-10-18-30(33)38-35(39)28-16-8-3-9-17-28/h1-33H;1-28H;1-24H/i2*1D;3D. The summed E-state index contributed by atoms with van der Waals surface area (Å²) in [7, 11) is 0. The van der Waals surface area contributed by atoms with E-state index in [0.717, 1.165) is 169 Å². The summed E-state index contributed by atoms with van der Waals surface area (Å²) >= 11 is 0. The van der Waals surface area contributed by atoms with Gasteiger partial charge in [0.1, 0.15) is 17.5 Å². The smallest absolute Gasteiger partial charge is 0.160 e. The summed E-state index contributed by atoms with van der Waals surface area (Å²) in [6.45, 7) is 0. The topological polar surface area (TPSA) is 118 Å². The van der Waals surface area contributed by atoms with Gasteiger partial charge in [-0.2, -0.15) is 0 Å². The number of hydrogen-bond donors (Lipinski definition) is 0. The molecule has 6 aromatic heterocycles. The zero-order valence-electron chi connectivity index (χ0n) is 79.3. The lowest BCUT2D eigenvalue weighted by Crippen LogP contribution is -1.99. The summed E-state index contributed by atoms with van der Waals surface area (Å²) in [6, 6.07) is 172. The normalized spacial score (nSPS) is 11.7. The minimum absolute atomic E-state index is 0.472. The number of nitrogens with zero attached hydrogens (tertiary/aromatic N) is 11. The van der Waals surface area contributed by atoms with Crippen molar-refractivity contribution in [2.75, 3.05) is 0 Å². The van der Waals surface area contributed by atoms with Crippen LogP contribution in [0.2, 0.25) is 0 Å². The number of aromatic nitrogens is 11. The van der Waals surface area contributed by atoms with Crippen LogP contribution >= 0.6 is 0 Å². The summed E-state index contributed by atoms with van der Waals surface area (Å²) in [5.41, 5.74) is 27.5. The van der Waals surface area contributed by atoms with Gasteiger partial charge in [-0.3, -0.25) is 13.7 Å². The van der Waals surface area contributed by atoms with Gasteiger partial charge in [0.05, 0.1) is 71.4 Å². The Kier molecular flexibility index (Phi) is 20.9. The first-order valence-corrected chi connectivity index (χ1v) is 47.2. The Labute approximate surface area is 818 Å². The molecule has 11 heteroatoms. The van der Waals surface area contributed by atoms with Crippen LogP contribution in [0.1, 0.15) is 4.11 Å². The van der Waals surface area contributed by atoms with E-state index in [1.807, 2.05) is 133 Å². The number of rotatable bonds is 15. The van der Waals surface area contributed by atoms with Crippen LogP contribution in [-0.2, 0) is 0 Å². The fraction of sp³-hybridized carbons (Fsp3) is 0. The predicted molar refractivity (Wildman–Crippen MR) is 582 cm³/mol. The van der Waals surface area contributed by atoms with E-state index in [1.165, 1.54) is 70.2 Å². The van der Waals surface area contributed by atoms with Crippen molar-refractivity contribution in [1.29, 1.82) is 0 Å². The average molecular weight is 1800 g/mol. The highest BCUT2D eigenvalue weighted by Crippen LogP contribution is 2.44. The minimum atomic E-state index is 0.472. The maximum absolute atomic E-state index is 8.04. The van der Waals surface area contributed by atoms with E-state index >= 15 is 0 Å². The van der Waals surface area contributed by atoms with Crippen molar-refractivity contribution in [3.8, 4) is 153 Å². The zero-order chi connectivity index (χ0) is 96.1. The van der Waals surface area contributed by atoms with E-state index in [-0.39, 0.29) is 0 Å². The Morgan fingerprint density at radius 3 is 0.844 bits per heavy atom. The van der Waals surface area contributed by atoms with Gasteiger partial charge in [0.15, 0.2) is 11.6 Å². The first-order valence-electron chi connectivity index (χ1n) is 48.7. The summed E-state index contributed by atoms with van der Waals surface area (Å²) in [4.78, 5) is 40.6. The van der Waals surface area contributed by atoms with Crippen molar-refractivity contribution in [1.82, 2.24) is 53.6 Å². The molecule has 6 heterocycles. The first kappa shape index (κ1) is 80.4. The van der Waals surface area contributed by atoms with Gasteiger partial charge in [-0.15, -0.1) is 0 Å². The van der Waals surface area contributed by atoms with Crippen molar-refractivity contribution in [2.45, 2.75) is 0 Å². The van der Waals surface area contributed by atoms with Crippen LogP contribution < -0.4 is 0 Å². The van der Waals surface area contributed by atoms with E-state index in [1.54, 1.807) is 24.3 Å². The Hall–Kier alpha value is -19.1. The molecule has 0 aliphatic carbocycles. The van der Waals surface area contributed by atoms with Gasteiger partial charge >= 0.3 is 0 Å². The lowest BCUT2D eigenvalue weighted by Gasteiger charge is -2.16. The van der Waals surface area contributed by atoms with E-state index in [0.29, 0.717) is 29.8 Å². The average Bonchev–Trinajstić information content (AvgIpc) is 1.25. The first-order chi connectivity index (χ1) is 71.0. The molecule has 141 heavy (non-hydrogen) atoms. The Morgan fingerprint density at radius 1 is 0.156 bits per heavy atom. The van der Waals surface area contributed by atoms with Crippen LogP contribution in [0.5, 0.6) is 0 Å². The summed E-state index contributed by atoms with van der Waals surface area (Å²) in [5, 5.41) is 14.5. The molecule has 0 bridgehead atoms. The third-order valence-corrected chi connectivity index (χ3v) is 26.4. The molecule has 0 N–H and O–H groups in total. The number of pyridine rings is 1. The Balaban J connectivity index is 0.000000115. The van der Waals surface area contributed by atoms with E-state index < -0.39 is 0 Å². The molecule has 0 saturated heterocycles. The van der Waals surface area contributed by atoms with Gasteiger partial charge in [0.2, 0.25) is 0 Å². The van der Waals surface area contributed by atoms with Gasteiger partial charge in [-0.25, -0.2) is 39.9 Å². The number of para-hydroxylation sites is 6. The fourth-order valence-electron chi connectivity index (χ4n) is 19.5. The van der Waals surface area contributed by atoms with Crippen LogP contribution in [0.4, 0.5) is 0 Å². The molecule has 0 aliphatic rings. The van der Waals surface area contributed by atoms with Crippen LogP contribution in [0.25, 0.3) is 250 Å². The van der Waals surface area contributed by atoms with Gasteiger partial charge < -0.3 is 0 Å². The summed E-state index contributed by atoms with van der Waals surface area (Å²) in [5.74, 6) is 3.85. The molecule has 0 spiro atoms. The molecule has 0 amide bonds. The Morgan fingerprint density at radius 2 is 0.440 bits per heavy atom. The highest BCUT2D eigenvalue weighted by molar-refractivity contribution is 6.16. The van der Waals surface area contributed by atoms with Crippen LogP contribution in [0.15, 0.2) is 516 Å². The van der Waals surface area contributed by atoms with Gasteiger partial charge in [-0.1, -0.05) is 370 Å². The fourth-order valence-corrected chi connectivity index (χ4v) is 19.5. The molecule has 0 atom stereocenters. The maximum atomic E-state index is 8.04. The molecule has 0 fully saturated rings. The van der Waals surface area contributed by atoms with Gasteiger partial charge in [-0.05, 0) is 221 Å². The molecule has 0 aliphatic heterocycles. The van der Waals surface area contributed by atoms with Crippen LogP contribution in [0, 0.1) is 0 Å². The molecular weight excluding hydrogens is 1720 g/mol. The van der Waals surface area contributed by atoms with E-state index in [4.69, 9.17) is 44.0 Å². The zero-order valence-corrected chi connectivity index (χ0v) is 76.3.